The number of rotatable bonds is 5. The summed E-state index contributed by atoms with van der Waals surface area (Å²) in [6.45, 7) is 9.39. The number of carbonyl (C=O) groups is 1. The molecule has 0 unspecified atom stereocenters. The third kappa shape index (κ3) is 3.75. The van der Waals surface area contributed by atoms with Crippen molar-refractivity contribution >= 4 is 22.5 Å². The van der Waals surface area contributed by atoms with Crippen LogP contribution in [0.1, 0.15) is 31.1 Å². The molecule has 0 atom stereocenters. The van der Waals surface area contributed by atoms with Gasteiger partial charge in [0.15, 0.2) is 0 Å². The molecule has 158 valence electrons. The third-order valence-electron chi connectivity index (χ3n) is 5.47. The largest absolute Gasteiger partial charge is 0.491 e. The minimum atomic E-state index is 0.0457. The zero-order chi connectivity index (χ0) is 21.3. The highest BCUT2D eigenvalue weighted by atomic mass is 16.5. The number of morpholine rings is 1. The van der Waals surface area contributed by atoms with Crippen molar-refractivity contribution in [2.45, 2.75) is 33.4 Å². The minimum Gasteiger partial charge on any atom is -0.491 e. The lowest BCUT2D eigenvalue weighted by Crippen LogP contribution is -2.40. The molecule has 2 N–H and O–H groups in total. The highest BCUT2D eigenvalue weighted by molar-refractivity contribution is 6.02. The van der Waals surface area contributed by atoms with Crippen LogP contribution >= 0.6 is 0 Å². The van der Waals surface area contributed by atoms with Gasteiger partial charge in [-0.15, -0.1) is 0 Å². The highest BCUT2D eigenvalue weighted by Crippen LogP contribution is 2.38. The van der Waals surface area contributed by atoms with Gasteiger partial charge in [0.1, 0.15) is 5.75 Å². The van der Waals surface area contributed by atoms with Crippen molar-refractivity contribution in [2.24, 2.45) is 0 Å². The zero-order valence-electron chi connectivity index (χ0n) is 17.9. The van der Waals surface area contributed by atoms with Gasteiger partial charge in [0.25, 0.3) is 5.91 Å². The molecule has 1 aliphatic rings. The topological polar surface area (TPSA) is 69.7 Å². The van der Waals surface area contributed by atoms with E-state index < -0.39 is 0 Å². The van der Waals surface area contributed by atoms with E-state index >= 15 is 0 Å². The maximum absolute atomic E-state index is 12.7. The average molecular weight is 408 g/mol. The SMILES string of the molecule is CCn1c(-c2ccc(C(=O)N3CCOCC3)cc2)c(N)c2ccc(OC(C)C)cc21. The Kier molecular flexibility index (Phi) is 5.68. The monoisotopic (exact) mass is 407 g/mol. The third-order valence-corrected chi connectivity index (χ3v) is 5.47. The van der Waals surface area contributed by atoms with Crippen LogP contribution in [0.5, 0.6) is 5.75 Å². The summed E-state index contributed by atoms with van der Waals surface area (Å²) in [4.78, 5) is 14.6. The molecule has 0 radical (unpaired) electrons. The number of nitrogens with two attached hydrogens (primary N) is 1. The zero-order valence-corrected chi connectivity index (χ0v) is 17.9. The molecule has 6 nitrogen and oxygen atoms in total. The molecule has 3 aromatic rings. The smallest absolute Gasteiger partial charge is 0.254 e. The lowest BCUT2D eigenvalue weighted by molar-refractivity contribution is 0.0303. The van der Waals surface area contributed by atoms with Crippen molar-refractivity contribution in [2.75, 3.05) is 32.0 Å². The number of nitrogen functional groups attached to an aromatic ring is 1. The summed E-state index contributed by atoms with van der Waals surface area (Å²) in [6.07, 6.45) is 0.112. The number of carbonyl (C=O) groups excluding carboxylic acids is 1. The minimum absolute atomic E-state index is 0.0457. The van der Waals surface area contributed by atoms with Gasteiger partial charge in [0.05, 0.1) is 36.2 Å². The molecule has 1 fully saturated rings. The molecule has 2 heterocycles. The van der Waals surface area contributed by atoms with Crippen LogP contribution in [0.3, 0.4) is 0 Å². The van der Waals surface area contributed by atoms with Gasteiger partial charge in [-0.05, 0) is 45.0 Å². The van der Waals surface area contributed by atoms with Gasteiger partial charge in [-0.2, -0.15) is 0 Å². The Hall–Kier alpha value is -2.99. The number of fused-ring (bicyclic) bond motifs is 1. The average Bonchev–Trinajstić information content (AvgIpc) is 3.04. The van der Waals surface area contributed by atoms with E-state index in [0.29, 0.717) is 31.9 Å². The normalized spacial score (nSPS) is 14.5. The predicted molar refractivity (Wildman–Crippen MR) is 120 cm³/mol. The van der Waals surface area contributed by atoms with Crippen LogP contribution in [-0.4, -0.2) is 47.8 Å². The molecule has 0 aliphatic carbocycles. The van der Waals surface area contributed by atoms with Crippen LogP contribution in [0, 0.1) is 0 Å². The molecule has 1 saturated heterocycles. The Morgan fingerprint density at radius 1 is 1.13 bits per heavy atom. The molecule has 0 saturated carbocycles. The Labute approximate surface area is 177 Å². The summed E-state index contributed by atoms with van der Waals surface area (Å²) < 4.78 is 13.4. The lowest BCUT2D eigenvalue weighted by Gasteiger charge is -2.26. The van der Waals surface area contributed by atoms with Crippen molar-refractivity contribution in [3.8, 4) is 17.0 Å². The molecular formula is C24H29N3O3. The first-order valence-electron chi connectivity index (χ1n) is 10.6. The van der Waals surface area contributed by atoms with E-state index in [9.17, 15) is 4.79 Å². The van der Waals surface area contributed by atoms with Crippen LogP contribution in [-0.2, 0) is 11.3 Å². The maximum Gasteiger partial charge on any atom is 0.254 e. The fourth-order valence-electron chi connectivity index (χ4n) is 4.06. The summed E-state index contributed by atoms with van der Waals surface area (Å²) in [5, 5.41) is 1.01. The van der Waals surface area contributed by atoms with Crippen LogP contribution in [0.4, 0.5) is 5.69 Å². The highest BCUT2D eigenvalue weighted by Gasteiger charge is 2.20. The van der Waals surface area contributed by atoms with E-state index in [0.717, 1.165) is 40.1 Å². The Balaban J connectivity index is 1.70. The maximum atomic E-state index is 12.7. The molecule has 0 bridgehead atoms. The van der Waals surface area contributed by atoms with Gasteiger partial charge in [-0.25, -0.2) is 0 Å². The molecule has 4 rings (SSSR count). The number of nitrogens with zero attached hydrogens (tertiary/aromatic N) is 2. The van der Waals surface area contributed by atoms with E-state index in [1.165, 1.54) is 0 Å². The van der Waals surface area contributed by atoms with Gasteiger partial charge >= 0.3 is 0 Å². The van der Waals surface area contributed by atoms with Crippen molar-refractivity contribution < 1.29 is 14.3 Å². The molecule has 30 heavy (non-hydrogen) atoms. The van der Waals surface area contributed by atoms with Gasteiger partial charge in [-0.1, -0.05) is 12.1 Å². The second-order valence-corrected chi connectivity index (χ2v) is 7.83. The second kappa shape index (κ2) is 8.40. The Morgan fingerprint density at radius 3 is 2.47 bits per heavy atom. The summed E-state index contributed by atoms with van der Waals surface area (Å²) in [5.41, 5.74) is 11.0. The number of aromatic nitrogens is 1. The second-order valence-electron chi connectivity index (χ2n) is 7.83. The Bertz CT molecular complexity index is 1050. The van der Waals surface area contributed by atoms with Gasteiger partial charge < -0.3 is 24.7 Å². The molecule has 6 heteroatoms. The van der Waals surface area contributed by atoms with E-state index in [1.54, 1.807) is 0 Å². The molecule has 0 spiro atoms. The standard InChI is InChI=1S/C24H29N3O3/c1-4-27-21-15-19(30-16(2)3)9-10-20(21)22(25)23(27)17-5-7-18(8-6-17)24(28)26-11-13-29-14-12-26/h5-10,15-16H,4,11-14,25H2,1-3H3. The molecule has 1 aromatic heterocycles. The van der Waals surface area contributed by atoms with Crippen LogP contribution in [0.2, 0.25) is 0 Å². The van der Waals surface area contributed by atoms with E-state index in [-0.39, 0.29) is 12.0 Å². The number of aryl methyl sites for hydroxylation is 1. The molecular weight excluding hydrogens is 378 g/mol. The summed E-state index contributed by atoms with van der Waals surface area (Å²) in [6, 6.07) is 13.8. The van der Waals surface area contributed by atoms with Crippen LogP contribution in [0.15, 0.2) is 42.5 Å². The van der Waals surface area contributed by atoms with Crippen molar-refractivity contribution in [3.05, 3.63) is 48.0 Å². The van der Waals surface area contributed by atoms with E-state index in [1.807, 2.05) is 55.1 Å². The summed E-state index contributed by atoms with van der Waals surface area (Å²) in [5.74, 6) is 0.882. The first kappa shape index (κ1) is 20.3. The molecule has 1 amide bonds. The van der Waals surface area contributed by atoms with Crippen LogP contribution < -0.4 is 10.5 Å². The fraction of sp³-hybridized carbons (Fsp3) is 0.375. The molecule has 2 aromatic carbocycles. The van der Waals surface area contributed by atoms with E-state index in [2.05, 4.69) is 17.6 Å². The van der Waals surface area contributed by atoms with Gasteiger partial charge in [-0.3, -0.25) is 4.79 Å². The number of anilines is 1. The van der Waals surface area contributed by atoms with Crippen molar-refractivity contribution in [3.63, 3.8) is 0 Å². The van der Waals surface area contributed by atoms with Crippen molar-refractivity contribution in [1.82, 2.24) is 9.47 Å². The van der Waals surface area contributed by atoms with E-state index in [4.69, 9.17) is 15.2 Å². The lowest BCUT2D eigenvalue weighted by atomic mass is 10.1. The van der Waals surface area contributed by atoms with Gasteiger partial charge in [0, 0.05) is 42.2 Å². The summed E-state index contributed by atoms with van der Waals surface area (Å²) in [7, 11) is 0. The number of hydrogen-bond donors (Lipinski definition) is 1. The molecule has 1 aliphatic heterocycles. The first-order valence-corrected chi connectivity index (χ1v) is 10.6. The first-order chi connectivity index (χ1) is 14.5. The number of benzene rings is 2. The van der Waals surface area contributed by atoms with Crippen molar-refractivity contribution in [1.29, 1.82) is 0 Å². The Morgan fingerprint density at radius 2 is 1.83 bits per heavy atom. The number of ether oxygens (including phenoxy) is 2. The number of hydrogen-bond acceptors (Lipinski definition) is 4. The van der Waals surface area contributed by atoms with Gasteiger partial charge in [0.2, 0.25) is 0 Å². The van der Waals surface area contributed by atoms with Crippen LogP contribution in [0.25, 0.3) is 22.2 Å². The number of amides is 1. The summed E-state index contributed by atoms with van der Waals surface area (Å²) >= 11 is 0. The fourth-order valence-corrected chi connectivity index (χ4v) is 4.06. The quantitative estimate of drug-likeness (QED) is 0.689. The predicted octanol–water partition coefficient (Wildman–Crippen LogP) is 4.17.